The maximum atomic E-state index is 12.9. The number of hydrogen-bond donors (Lipinski definition) is 1. The van der Waals surface area contributed by atoms with Gasteiger partial charge in [0.25, 0.3) is 5.91 Å². The molecule has 0 saturated carbocycles. The second-order valence-corrected chi connectivity index (χ2v) is 8.35. The lowest BCUT2D eigenvalue weighted by atomic mass is 9.73. The smallest absolute Gasteiger partial charge is 0.257 e. The molecule has 26 heavy (non-hydrogen) atoms. The number of para-hydroxylation sites is 1. The molecule has 2 amide bonds. The van der Waals surface area contributed by atoms with Gasteiger partial charge in [0.2, 0.25) is 5.91 Å². The minimum absolute atomic E-state index is 0.00317. The van der Waals surface area contributed by atoms with Crippen molar-refractivity contribution < 1.29 is 14.7 Å². The lowest BCUT2D eigenvalue weighted by Crippen LogP contribution is -2.55. The number of amides is 2. The van der Waals surface area contributed by atoms with Crippen molar-refractivity contribution in [3.05, 3.63) is 29.8 Å². The lowest BCUT2D eigenvalue weighted by molar-refractivity contribution is -0.139. The number of hydrogen-bond acceptors (Lipinski definition) is 3. The van der Waals surface area contributed by atoms with Crippen molar-refractivity contribution in [2.24, 2.45) is 11.3 Å². The van der Waals surface area contributed by atoms with Crippen LogP contribution in [0.1, 0.15) is 56.3 Å². The summed E-state index contributed by atoms with van der Waals surface area (Å²) in [5.41, 5.74) is 0.372. The van der Waals surface area contributed by atoms with Crippen LogP contribution >= 0.6 is 0 Å². The third kappa shape index (κ3) is 4.02. The van der Waals surface area contributed by atoms with Crippen molar-refractivity contribution >= 4 is 11.8 Å². The molecule has 1 N–H and O–H groups in total. The highest BCUT2D eigenvalue weighted by molar-refractivity contribution is 5.96. The maximum Gasteiger partial charge on any atom is 0.257 e. The minimum atomic E-state index is -0.104. The van der Waals surface area contributed by atoms with Gasteiger partial charge in [0.1, 0.15) is 5.75 Å². The Bertz CT molecular complexity index is 673. The summed E-state index contributed by atoms with van der Waals surface area (Å²) in [5.74, 6) is 0.758. The first-order valence-corrected chi connectivity index (χ1v) is 9.75. The predicted molar refractivity (Wildman–Crippen MR) is 101 cm³/mol. The fraction of sp³-hybridized carbons (Fsp3) is 0.619. The molecule has 142 valence electrons. The zero-order valence-electron chi connectivity index (χ0n) is 15.9. The van der Waals surface area contributed by atoms with Crippen LogP contribution in [0.25, 0.3) is 0 Å². The molecular weight excluding hydrogens is 328 g/mol. The monoisotopic (exact) mass is 358 g/mol. The Kier molecular flexibility index (Phi) is 5.54. The minimum Gasteiger partial charge on any atom is -0.507 e. The van der Waals surface area contributed by atoms with E-state index in [4.69, 9.17) is 0 Å². The third-order valence-electron chi connectivity index (χ3n) is 5.81. The average Bonchev–Trinajstić information content (AvgIpc) is 2.63. The molecule has 2 saturated heterocycles. The highest BCUT2D eigenvalue weighted by Gasteiger charge is 2.42. The van der Waals surface area contributed by atoms with Gasteiger partial charge in [-0.25, -0.2) is 0 Å². The number of carbonyl (C=O) groups is 2. The first kappa shape index (κ1) is 18.7. The molecule has 0 radical (unpaired) electrons. The van der Waals surface area contributed by atoms with Crippen LogP contribution in [-0.2, 0) is 4.79 Å². The molecule has 0 unspecified atom stereocenters. The van der Waals surface area contributed by atoms with Gasteiger partial charge >= 0.3 is 0 Å². The largest absolute Gasteiger partial charge is 0.507 e. The summed E-state index contributed by atoms with van der Waals surface area (Å²) in [4.78, 5) is 29.1. The van der Waals surface area contributed by atoms with Gasteiger partial charge in [-0.15, -0.1) is 0 Å². The molecule has 2 aliphatic heterocycles. The number of likely N-dealkylation sites (tertiary alicyclic amines) is 2. The van der Waals surface area contributed by atoms with Crippen LogP contribution in [0.15, 0.2) is 24.3 Å². The summed E-state index contributed by atoms with van der Waals surface area (Å²) in [6, 6.07) is 6.74. The summed E-state index contributed by atoms with van der Waals surface area (Å²) < 4.78 is 0. The number of nitrogens with zero attached hydrogens (tertiary/aromatic N) is 2. The van der Waals surface area contributed by atoms with Gasteiger partial charge in [0.05, 0.1) is 5.56 Å². The van der Waals surface area contributed by atoms with E-state index in [1.165, 1.54) is 0 Å². The van der Waals surface area contributed by atoms with Crippen LogP contribution < -0.4 is 0 Å². The van der Waals surface area contributed by atoms with E-state index in [9.17, 15) is 14.7 Å². The molecule has 1 aromatic rings. The third-order valence-corrected chi connectivity index (χ3v) is 5.81. The zero-order valence-corrected chi connectivity index (χ0v) is 15.9. The quantitative estimate of drug-likeness (QED) is 0.898. The molecule has 2 fully saturated rings. The van der Waals surface area contributed by atoms with Crippen molar-refractivity contribution in [3.63, 3.8) is 0 Å². The lowest BCUT2D eigenvalue weighted by Gasteiger charge is -2.48. The fourth-order valence-corrected chi connectivity index (χ4v) is 4.26. The van der Waals surface area contributed by atoms with Gasteiger partial charge in [-0.2, -0.15) is 0 Å². The Hall–Kier alpha value is -2.04. The summed E-state index contributed by atoms with van der Waals surface area (Å²) in [5, 5.41) is 10.0. The van der Waals surface area contributed by atoms with Gasteiger partial charge in [-0.05, 0) is 43.7 Å². The Balaban J connectivity index is 1.71. The maximum absolute atomic E-state index is 12.9. The molecule has 2 aliphatic rings. The first-order valence-electron chi connectivity index (χ1n) is 9.75. The summed E-state index contributed by atoms with van der Waals surface area (Å²) in [6.07, 6.45) is 4.46. The normalized spacial score (nSPS) is 23.7. The Morgan fingerprint density at radius 3 is 2.73 bits per heavy atom. The van der Waals surface area contributed by atoms with Gasteiger partial charge in [-0.1, -0.05) is 26.0 Å². The van der Waals surface area contributed by atoms with Crippen molar-refractivity contribution in [1.29, 1.82) is 0 Å². The van der Waals surface area contributed by atoms with Gasteiger partial charge in [0.15, 0.2) is 0 Å². The molecular formula is C21H30N2O3. The van der Waals surface area contributed by atoms with Crippen molar-refractivity contribution in [3.8, 4) is 5.75 Å². The van der Waals surface area contributed by atoms with E-state index in [1.807, 2.05) is 9.80 Å². The molecule has 1 atom stereocenters. The zero-order chi connectivity index (χ0) is 18.7. The Morgan fingerprint density at radius 1 is 1.23 bits per heavy atom. The molecule has 5 heteroatoms. The number of piperidine rings is 2. The molecule has 5 nitrogen and oxygen atoms in total. The molecule has 2 heterocycles. The number of phenols is 1. The average molecular weight is 358 g/mol. The number of rotatable bonds is 4. The van der Waals surface area contributed by atoms with E-state index in [2.05, 4.69) is 13.8 Å². The summed E-state index contributed by atoms with van der Waals surface area (Å²) in [7, 11) is 0. The summed E-state index contributed by atoms with van der Waals surface area (Å²) >= 11 is 0. The van der Waals surface area contributed by atoms with Crippen LogP contribution in [0.4, 0.5) is 0 Å². The van der Waals surface area contributed by atoms with E-state index in [-0.39, 0.29) is 23.0 Å². The van der Waals surface area contributed by atoms with Crippen LogP contribution in [0.2, 0.25) is 0 Å². The second kappa shape index (κ2) is 7.68. The van der Waals surface area contributed by atoms with Crippen molar-refractivity contribution in [2.45, 2.75) is 46.0 Å². The van der Waals surface area contributed by atoms with E-state index in [1.54, 1.807) is 24.3 Å². The molecule has 0 bridgehead atoms. The highest BCUT2D eigenvalue weighted by atomic mass is 16.3. The molecule has 0 aliphatic carbocycles. The van der Waals surface area contributed by atoms with Crippen LogP contribution in [0, 0.1) is 11.3 Å². The van der Waals surface area contributed by atoms with Gasteiger partial charge in [-0.3, -0.25) is 9.59 Å². The number of phenolic OH excluding ortho intramolecular Hbond substituents is 1. The van der Waals surface area contributed by atoms with E-state index in [0.717, 1.165) is 45.3 Å². The van der Waals surface area contributed by atoms with Gasteiger partial charge in [0, 0.05) is 38.0 Å². The number of benzene rings is 1. The first-order chi connectivity index (χ1) is 12.4. The van der Waals surface area contributed by atoms with Crippen LogP contribution in [-0.4, -0.2) is 52.9 Å². The molecule has 0 aromatic heterocycles. The predicted octanol–water partition coefficient (Wildman–Crippen LogP) is 3.28. The van der Waals surface area contributed by atoms with Crippen molar-refractivity contribution in [2.75, 3.05) is 26.2 Å². The summed E-state index contributed by atoms with van der Waals surface area (Å²) in [6.45, 7) is 7.31. The molecule has 1 spiro atoms. The van der Waals surface area contributed by atoms with Crippen molar-refractivity contribution in [1.82, 2.24) is 9.80 Å². The Labute approximate surface area is 156 Å². The topological polar surface area (TPSA) is 60.9 Å². The molecule has 1 aromatic carbocycles. The standard InChI is InChI=1S/C21H30N2O3/c1-16(2)9-13-22-14-21(11-8-19(22)25)10-5-12-23(15-21)20(26)17-6-3-4-7-18(17)24/h3-4,6-7,16,24H,5,8-15H2,1-2H3/t21-/m1/s1. The number of carbonyl (C=O) groups excluding carboxylic acids is 2. The van der Waals surface area contributed by atoms with E-state index < -0.39 is 0 Å². The SMILES string of the molecule is CC(C)CCN1C[C@@]2(CCCN(C(=O)c3ccccc3O)C2)CCC1=O. The van der Waals surface area contributed by atoms with E-state index >= 15 is 0 Å². The highest BCUT2D eigenvalue weighted by Crippen LogP contribution is 2.39. The fourth-order valence-electron chi connectivity index (χ4n) is 4.26. The van der Waals surface area contributed by atoms with Gasteiger partial charge < -0.3 is 14.9 Å². The molecule has 3 rings (SSSR count). The number of aromatic hydroxyl groups is 1. The van der Waals surface area contributed by atoms with Crippen LogP contribution in [0.3, 0.4) is 0 Å². The Morgan fingerprint density at radius 2 is 2.00 bits per heavy atom. The van der Waals surface area contributed by atoms with Crippen LogP contribution in [0.5, 0.6) is 5.75 Å². The van der Waals surface area contributed by atoms with E-state index in [0.29, 0.717) is 24.4 Å². The second-order valence-electron chi connectivity index (χ2n) is 8.35.